The van der Waals surface area contributed by atoms with Gasteiger partial charge < -0.3 is 10.6 Å². The minimum atomic E-state index is 0.133. The van der Waals surface area contributed by atoms with Crippen molar-refractivity contribution in [3.63, 3.8) is 0 Å². The fraction of sp³-hybridized carbons (Fsp3) is 0.278. The summed E-state index contributed by atoms with van der Waals surface area (Å²) in [6, 6.07) is 9.99. The molecule has 1 fully saturated rings. The first-order chi connectivity index (χ1) is 12.6. The van der Waals surface area contributed by atoms with Crippen molar-refractivity contribution in [2.24, 2.45) is 10.8 Å². The lowest BCUT2D eigenvalue weighted by molar-refractivity contribution is 0.249. The van der Waals surface area contributed by atoms with Gasteiger partial charge in [-0.15, -0.1) is 0 Å². The van der Waals surface area contributed by atoms with E-state index in [2.05, 4.69) is 31.4 Å². The summed E-state index contributed by atoms with van der Waals surface area (Å²) in [4.78, 5) is 8.93. The zero-order valence-electron chi connectivity index (χ0n) is 14.3. The normalized spacial score (nSPS) is 15.3. The highest BCUT2D eigenvalue weighted by atomic mass is 35.5. The maximum atomic E-state index is 6.47. The predicted octanol–water partition coefficient (Wildman–Crippen LogP) is 2.22. The molecule has 0 aliphatic carbocycles. The minimum Gasteiger partial charge on any atom is -0.375 e. The van der Waals surface area contributed by atoms with E-state index in [0.29, 0.717) is 5.02 Å². The molecule has 0 spiro atoms. The third kappa shape index (κ3) is 5.14. The summed E-state index contributed by atoms with van der Waals surface area (Å²) >= 11 is 11.2. The Morgan fingerprint density at radius 2 is 2.12 bits per heavy atom. The van der Waals surface area contributed by atoms with E-state index in [1.165, 1.54) is 5.56 Å². The molecule has 0 atom stereocenters. The topological polar surface area (TPSA) is 69.8 Å². The number of halogens is 1. The number of nitrogens with two attached hydrogens (primary N) is 1. The third-order valence-corrected chi connectivity index (χ3v) is 4.60. The number of piperazine rings is 1. The molecule has 2 aromatic rings. The molecule has 6 nitrogen and oxygen atoms in total. The largest absolute Gasteiger partial charge is 0.375 e. The highest BCUT2D eigenvalue weighted by molar-refractivity contribution is 7.80. The van der Waals surface area contributed by atoms with E-state index in [1.807, 2.05) is 30.5 Å². The van der Waals surface area contributed by atoms with E-state index in [-0.39, 0.29) is 5.11 Å². The molecule has 0 bridgehead atoms. The SMILES string of the molecule is NC(=S)NN=Cc1ccc(N2CCN(Cc3cccnc3)CC2)c(Cl)c1. The van der Waals surface area contributed by atoms with Crippen LogP contribution in [0, 0.1) is 0 Å². The molecule has 8 heteroatoms. The van der Waals surface area contributed by atoms with Crippen LogP contribution in [0.2, 0.25) is 5.02 Å². The number of aromatic nitrogens is 1. The van der Waals surface area contributed by atoms with Crippen LogP contribution in [-0.2, 0) is 6.54 Å². The molecule has 1 aliphatic heterocycles. The van der Waals surface area contributed by atoms with Crippen LogP contribution in [0.3, 0.4) is 0 Å². The molecule has 0 radical (unpaired) electrons. The van der Waals surface area contributed by atoms with Gasteiger partial charge in [-0.1, -0.05) is 23.7 Å². The number of anilines is 1. The Morgan fingerprint density at radius 3 is 2.77 bits per heavy atom. The van der Waals surface area contributed by atoms with E-state index >= 15 is 0 Å². The zero-order chi connectivity index (χ0) is 18.4. The predicted molar refractivity (Wildman–Crippen MR) is 111 cm³/mol. The summed E-state index contributed by atoms with van der Waals surface area (Å²) in [5, 5.41) is 4.79. The van der Waals surface area contributed by atoms with Crippen LogP contribution in [0.25, 0.3) is 0 Å². The van der Waals surface area contributed by atoms with E-state index in [1.54, 1.807) is 12.4 Å². The number of hydrogen-bond acceptors (Lipinski definition) is 5. The van der Waals surface area contributed by atoms with Gasteiger partial charge in [-0.3, -0.25) is 15.3 Å². The Balaban J connectivity index is 1.57. The summed E-state index contributed by atoms with van der Waals surface area (Å²) in [5.41, 5.74) is 11.0. The number of hydrogen-bond donors (Lipinski definition) is 2. The molecule has 0 unspecified atom stereocenters. The smallest absolute Gasteiger partial charge is 0.184 e. The van der Waals surface area contributed by atoms with Crippen molar-refractivity contribution in [2.75, 3.05) is 31.1 Å². The summed E-state index contributed by atoms with van der Waals surface area (Å²) in [6.07, 6.45) is 5.37. The first-order valence-electron chi connectivity index (χ1n) is 8.36. The molecular formula is C18H21ClN6S. The molecule has 136 valence electrons. The number of pyridine rings is 1. The summed E-state index contributed by atoms with van der Waals surface area (Å²) < 4.78 is 0. The molecule has 3 N–H and O–H groups in total. The molecule has 1 aromatic carbocycles. The molecular weight excluding hydrogens is 368 g/mol. The number of hydrazone groups is 1. The second kappa shape index (κ2) is 8.93. The molecule has 1 aliphatic rings. The van der Waals surface area contributed by atoms with Crippen molar-refractivity contribution in [3.8, 4) is 0 Å². The molecule has 26 heavy (non-hydrogen) atoms. The van der Waals surface area contributed by atoms with Gasteiger partial charge in [0.05, 0.1) is 16.9 Å². The van der Waals surface area contributed by atoms with Crippen LogP contribution in [0.4, 0.5) is 5.69 Å². The van der Waals surface area contributed by atoms with E-state index in [9.17, 15) is 0 Å². The van der Waals surface area contributed by atoms with Crippen LogP contribution in [0.5, 0.6) is 0 Å². The van der Waals surface area contributed by atoms with Crippen LogP contribution < -0.4 is 16.1 Å². The van der Waals surface area contributed by atoms with Crippen LogP contribution in [0.1, 0.15) is 11.1 Å². The fourth-order valence-electron chi connectivity index (χ4n) is 2.93. The highest BCUT2D eigenvalue weighted by Gasteiger charge is 2.19. The van der Waals surface area contributed by atoms with Crippen molar-refractivity contribution >= 4 is 40.8 Å². The maximum Gasteiger partial charge on any atom is 0.184 e. The molecule has 2 heterocycles. The quantitative estimate of drug-likeness (QED) is 0.465. The number of rotatable bonds is 5. The summed E-state index contributed by atoms with van der Waals surface area (Å²) in [5.74, 6) is 0. The van der Waals surface area contributed by atoms with E-state index < -0.39 is 0 Å². The first-order valence-corrected chi connectivity index (χ1v) is 9.15. The molecule has 0 amide bonds. The molecule has 1 saturated heterocycles. The van der Waals surface area contributed by atoms with Gasteiger partial charge in [0.1, 0.15) is 0 Å². The monoisotopic (exact) mass is 388 g/mol. The summed E-state index contributed by atoms with van der Waals surface area (Å²) in [7, 11) is 0. The van der Waals surface area contributed by atoms with Gasteiger partial charge in [0, 0.05) is 45.1 Å². The lowest BCUT2D eigenvalue weighted by Gasteiger charge is -2.36. The third-order valence-electron chi connectivity index (χ3n) is 4.20. The molecule has 0 saturated carbocycles. The van der Waals surface area contributed by atoms with Gasteiger partial charge in [0.2, 0.25) is 0 Å². The van der Waals surface area contributed by atoms with Gasteiger partial charge >= 0.3 is 0 Å². The maximum absolute atomic E-state index is 6.47. The van der Waals surface area contributed by atoms with Gasteiger partial charge in [0.15, 0.2) is 5.11 Å². The zero-order valence-corrected chi connectivity index (χ0v) is 15.9. The van der Waals surface area contributed by atoms with Crippen molar-refractivity contribution in [1.82, 2.24) is 15.3 Å². The fourth-order valence-corrected chi connectivity index (χ4v) is 3.29. The Bertz CT molecular complexity index is 775. The van der Waals surface area contributed by atoms with Crippen LogP contribution in [-0.4, -0.2) is 47.4 Å². The Morgan fingerprint density at radius 1 is 1.31 bits per heavy atom. The van der Waals surface area contributed by atoms with Crippen LogP contribution in [0.15, 0.2) is 47.8 Å². The van der Waals surface area contributed by atoms with Crippen molar-refractivity contribution < 1.29 is 0 Å². The average Bonchev–Trinajstić information content (AvgIpc) is 2.63. The minimum absolute atomic E-state index is 0.133. The van der Waals surface area contributed by atoms with Gasteiger partial charge in [0.25, 0.3) is 0 Å². The molecule has 3 rings (SSSR count). The van der Waals surface area contributed by atoms with Crippen molar-refractivity contribution in [3.05, 3.63) is 58.9 Å². The van der Waals surface area contributed by atoms with Crippen molar-refractivity contribution in [2.45, 2.75) is 6.54 Å². The number of thiocarbonyl (C=S) groups is 1. The second-order valence-corrected chi connectivity index (χ2v) is 6.92. The first kappa shape index (κ1) is 18.6. The lowest BCUT2D eigenvalue weighted by atomic mass is 10.2. The Hall–Kier alpha value is -2.22. The van der Waals surface area contributed by atoms with E-state index in [4.69, 9.17) is 29.6 Å². The standard InChI is InChI=1S/C18H21ClN6S/c19-16-10-14(12-22-23-18(20)26)3-4-17(16)25-8-6-24(7-9-25)13-15-2-1-5-21-11-15/h1-5,10-12H,6-9,13H2,(H3,20,23,26). The number of nitrogens with one attached hydrogen (secondary N) is 1. The number of benzene rings is 1. The van der Waals surface area contributed by atoms with Gasteiger partial charge in [-0.2, -0.15) is 5.10 Å². The van der Waals surface area contributed by atoms with E-state index in [0.717, 1.165) is 44.0 Å². The average molecular weight is 389 g/mol. The second-order valence-electron chi connectivity index (χ2n) is 6.07. The van der Waals surface area contributed by atoms with Crippen molar-refractivity contribution in [1.29, 1.82) is 0 Å². The van der Waals surface area contributed by atoms with Gasteiger partial charge in [-0.25, -0.2) is 0 Å². The Kier molecular flexibility index (Phi) is 6.38. The Labute approximate surface area is 163 Å². The van der Waals surface area contributed by atoms with Crippen LogP contribution >= 0.6 is 23.8 Å². The summed E-state index contributed by atoms with van der Waals surface area (Å²) in [6.45, 7) is 4.80. The lowest BCUT2D eigenvalue weighted by Crippen LogP contribution is -2.46. The number of nitrogens with zero attached hydrogens (tertiary/aromatic N) is 4. The van der Waals surface area contributed by atoms with Gasteiger partial charge in [-0.05, 0) is 41.5 Å². The highest BCUT2D eigenvalue weighted by Crippen LogP contribution is 2.27. The molecule has 1 aromatic heterocycles.